The van der Waals surface area contributed by atoms with Crippen LogP contribution in [-0.2, 0) is 28.5 Å². The van der Waals surface area contributed by atoms with E-state index in [4.69, 9.17) is 18.9 Å². The van der Waals surface area contributed by atoms with Gasteiger partial charge >= 0.3 is 23.9 Å². The molecule has 17 nitrogen and oxygen atoms in total. The number of esters is 4. The third-order valence-electron chi connectivity index (χ3n) is 11.7. The van der Waals surface area contributed by atoms with Crippen LogP contribution in [0.3, 0.4) is 0 Å². The molecule has 79 heavy (non-hydrogen) atoms. The Morgan fingerprint density at radius 1 is 0.468 bits per heavy atom. The van der Waals surface area contributed by atoms with Crippen LogP contribution in [0, 0.1) is 6.92 Å². The number of anilines is 3. The summed E-state index contributed by atoms with van der Waals surface area (Å²) < 4.78 is 21.5. The Hall–Kier alpha value is -9.42. The minimum atomic E-state index is -0.840. The number of carbonyl (C=O) groups excluding carboxylic acids is 9. The van der Waals surface area contributed by atoms with Crippen LogP contribution in [0.5, 0.6) is 0 Å². The molecule has 4 amide bonds. The second-order valence-electron chi connectivity index (χ2n) is 18.2. The van der Waals surface area contributed by atoms with E-state index in [0.717, 1.165) is 17.3 Å². The van der Waals surface area contributed by atoms with Gasteiger partial charge in [-0.25, -0.2) is 19.2 Å². The summed E-state index contributed by atoms with van der Waals surface area (Å²) >= 11 is 1.13. The van der Waals surface area contributed by atoms with Gasteiger partial charge in [-0.05, 0) is 156 Å². The van der Waals surface area contributed by atoms with Gasteiger partial charge in [-0.3, -0.25) is 24.0 Å². The number of carbonyl (C=O) groups is 9. The van der Waals surface area contributed by atoms with Crippen molar-refractivity contribution in [2.45, 2.75) is 69.5 Å². The molecule has 4 N–H and O–H groups in total. The summed E-state index contributed by atoms with van der Waals surface area (Å²) in [4.78, 5) is 118. The van der Waals surface area contributed by atoms with Crippen LogP contribution in [-0.4, -0.2) is 85.8 Å². The van der Waals surface area contributed by atoms with E-state index < -0.39 is 53.8 Å². The van der Waals surface area contributed by atoms with E-state index in [1.807, 2.05) is 19.1 Å². The number of ketones is 1. The highest BCUT2D eigenvalue weighted by molar-refractivity contribution is 7.99. The average Bonchev–Trinajstić information content (AvgIpc) is 3.43. The average molecular weight is 1090 g/mol. The molecule has 0 fully saturated rings. The lowest BCUT2D eigenvalue weighted by molar-refractivity contribution is -0.144. The summed E-state index contributed by atoms with van der Waals surface area (Å²) in [7, 11) is 1.41. The molecule has 406 valence electrons. The highest BCUT2D eigenvalue weighted by Gasteiger charge is 2.24. The Labute approximate surface area is 461 Å². The van der Waals surface area contributed by atoms with E-state index in [-0.39, 0.29) is 82.4 Å². The Bertz CT molecular complexity index is 3320. The summed E-state index contributed by atoms with van der Waals surface area (Å²) in [5.74, 6) is -5.08. The van der Waals surface area contributed by atoms with Crippen LogP contribution < -0.4 is 21.3 Å². The maximum atomic E-state index is 14.1. The van der Waals surface area contributed by atoms with Crippen molar-refractivity contribution in [3.8, 4) is 0 Å². The topological polar surface area (TPSA) is 239 Å². The van der Waals surface area contributed by atoms with E-state index >= 15 is 0 Å². The Balaban J connectivity index is 1.12. The van der Waals surface area contributed by atoms with Gasteiger partial charge in [-0.2, -0.15) is 0 Å². The maximum Gasteiger partial charge on any atom is 0.338 e. The first kappa shape index (κ1) is 58.8. The molecule has 0 saturated carbocycles. The fourth-order valence-electron chi connectivity index (χ4n) is 7.24. The van der Waals surface area contributed by atoms with E-state index in [0.29, 0.717) is 37.9 Å². The highest BCUT2D eigenvalue weighted by Crippen LogP contribution is 2.32. The van der Waals surface area contributed by atoms with E-state index in [1.54, 1.807) is 86.6 Å². The zero-order valence-corrected chi connectivity index (χ0v) is 45.1. The zero-order valence-electron chi connectivity index (χ0n) is 44.3. The van der Waals surface area contributed by atoms with Gasteiger partial charge in [-0.15, -0.1) is 0 Å². The monoisotopic (exact) mass is 1090 g/mol. The Kier molecular flexibility index (Phi) is 20.5. The number of rotatable bonds is 23. The van der Waals surface area contributed by atoms with E-state index in [9.17, 15) is 43.2 Å². The van der Waals surface area contributed by atoms with E-state index in [2.05, 4.69) is 34.4 Å². The van der Waals surface area contributed by atoms with Gasteiger partial charge in [0.1, 0.15) is 12.2 Å². The van der Waals surface area contributed by atoms with Crippen molar-refractivity contribution in [3.63, 3.8) is 0 Å². The van der Waals surface area contributed by atoms with Crippen molar-refractivity contribution in [2.24, 2.45) is 0 Å². The highest BCUT2D eigenvalue weighted by atomic mass is 32.2. The molecule has 18 heteroatoms. The number of ether oxygens (including phenoxy) is 4. The van der Waals surface area contributed by atoms with Crippen molar-refractivity contribution in [3.05, 3.63) is 208 Å². The van der Waals surface area contributed by atoms with Crippen molar-refractivity contribution in [1.29, 1.82) is 0 Å². The van der Waals surface area contributed by atoms with Crippen LogP contribution >= 0.6 is 11.8 Å². The zero-order chi connectivity index (χ0) is 57.3. The number of amides is 4. The molecular weight excluding hydrogens is 1030 g/mol. The minimum absolute atomic E-state index is 0.00470. The number of nitrogens with one attached hydrogen (secondary N) is 4. The number of aryl methyl sites for hydroxylation is 1. The summed E-state index contributed by atoms with van der Waals surface area (Å²) in [5, 5.41) is 10.9. The predicted molar refractivity (Wildman–Crippen MR) is 299 cm³/mol. The maximum absolute atomic E-state index is 14.1. The van der Waals surface area contributed by atoms with Gasteiger partial charge in [0, 0.05) is 80.1 Å². The number of hydrogen-bond donors (Lipinski definition) is 4. The van der Waals surface area contributed by atoms with Crippen molar-refractivity contribution in [2.75, 3.05) is 36.2 Å². The molecule has 0 heterocycles. The summed E-state index contributed by atoms with van der Waals surface area (Å²) in [6.07, 6.45) is -0.829. The van der Waals surface area contributed by atoms with Crippen LogP contribution in [0.4, 0.5) is 17.1 Å². The van der Waals surface area contributed by atoms with E-state index in [1.165, 1.54) is 69.4 Å². The molecule has 0 aliphatic heterocycles. The van der Waals surface area contributed by atoms with Crippen LogP contribution in [0.2, 0.25) is 0 Å². The number of hydrogen-bond acceptors (Lipinski definition) is 14. The lowest BCUT2D eigenvalue weighted by Gasteiger charge is -2.15. The third kappa shape index (κ3) is 16.8. The predicted octanol–water partition coefficient (Wildman–Crippen LogP) is 10.6. The normalized spacial score (nSPS) is 11.4. The SMILES string of the molecule is C=C(C)C(=O)OC(C)CCOC(=O)c1ccc(Sc2ccc(C(=O)OCCC(C)OC(=O)C(=C)C)c(C(=O)Nc3ccc(C(=O)Nc4ccc(C(=O)c5ccc(NC(=O)c6ccc(C)cc6)cc5)cc4)cc3)c2)cc1C(=O)NC. The second kappa shape index (κ2) is 27.6. The lowest BCUT2D eigenvalue weighted by Crippen LogP contribution is -2.23. The largest absolute Gasteiger partial charge is 0.462 e. The smallest absolute Gasteiger partial charge is 0.338 e. The van der Waals surface area contributed by atoms with Crippen LogP contribution in [0.1, 0.15) is 124 Å². The van der Waals surface area contributed by atoms with Gasteiger partial charge in [-0.1, -0.05) is 42.6 Å². The molecule has 6 aromatic rings. The molecule has 0 radical (unpaired) electrons. The van der Waals surface area contributed by atoms with Gasteiger partial charge in [0.15, 0.2) is 5.78 Å². The molecule has 0 aliphatic carbocycles. The lowest BCUT2D eigenvalue weighted by atomic mass is 10.0. The first-order chi connectivity index (χ1) is 37.7. The van der Waals surface area contributed by atoms with Gasteiger partial charge in [0.25, 0.3) is 23.6 Å². The van der Waals surface area contributed by atoms with Crippen LogP contribution in [0.25, 0.3) is 0 Å². The third-order valence-corrected chi connectivity index (χ3v) is 12.7. The summed E-state index contributed by atoms with van der Waals surface area (Å²) in [6.45, 7) is 15.1. The van der Waals surface area contributed by atoms with Crippen LogP contribution in [0.15, 0.2) is 168 Å². The molecule has 2 atom stereocenters. The second-order valence-corrected chi connectivity index (χ2v) is 19.4. The van der Waals surface area contributed by atoms with Gasteiger partial charge in [0.05, 0.1) is 35.5 Å². The standard InChI is InChI=1S/C61H58N4O13S/c1-35(2)58(71)77-38(6)29-31-75-60(73)49-27-25-47(33-51(49)56(69)62-8)79-48-26-28-50(61(74)76-32-30-39(7)78-59(72)36(3)4)52(34-48)57(70)65-46-23-17-43(18-24-46)55(68)64-45-21-15-41(16-22-45)53(66)40-13-19-44(20-14-40)63-54(67)42-11-9-37(5)10-12-42/h9-28,33-34,38-39H,1,3,29-32H2,2,4-8H3,(H,62,69)(H,63,67)(H,64,68)(H,65,70). The van der Waals surface area contributed by atoms with Crippen molar-refractivity contribution < 1.29 is 62.1 Å². The molecule has 0 aliphatic rings. The Morgan fingerprint density at radius 3 is 1.20 bits per heavy atom. The summed E-state index contributed by atoms with van der Waals surface area (Å²) in [5.41, 5.74) is 4.02. The molecular formula is C61H58N4O13S. The van der Waals surface area contributed by atoms with Crippen molar-refractivity contribution in [1.82, 2.24) is 5.32 Å². The Morgan fingerprint density at radius 2 is 0.823 bits per heavy atom. The fraction of sp³-hybridized carbons (Fsp3) is 0.197. The molecule has 0 spiro atoms. The molecule has 0 bridgehead atoms. The molecule has 0 saturated heterocycles. The van der Waals surface area contributed by atoms with Gasteiger partial charge < -0.3 is 40.2 Å². The first-order valence-corrected chi connectivity index (χ1v) is 25.6. The summed E-state index contributed by atoms with van der Waals surface area (Å²) in [6, 6.07) is 35.0. The van der Waals surface area contributed by atoms with Gasteiger partial charge in [0.2, 0.25) is 0 Å². The van der Waals surface area contributed by atoms with Crippen molar-refractivity contribution >= 4 is 82.1 Å². The molecule has 6 rings (SSSR count). The molecule has 2 unspecified atom stereocenters. The number of benzene rings is 6. The quantitative estimate of drug-likeness (QED) is 0.0202. The molecule has 0 aromatic heterocycles. The first-order valence-electron chi connectivity index (χ1n) is 24.8. The molecule has 6 aromatic carbocycles. The fourth-order valence-corrected chi connectivity index (χ4v) is 8.14. The minimum Gasteiger partial charge on any atom is -0.462 e.